The summed E-state index contributed by atoms with van der Waals surface area (Å²) in [6, 6.07) is 17.7. The molecule has 4 rings (SSSR count). The van der Waals surface area contributed by atoms with Crippen LogP contribution in [0.5, 0.6) is 0 Å². The van der Waals surface area contributed by atoms with Crippen molar-refractivity contribution in [3.8, 4) is 0 Å². The fourth-order valence-corrected chi connectivity index (χ4v) is 3.94. The zero-order chi connectivity index (χ0) is 14.9. The Morgan fingerprint density at radius 2 is 1.59 bits per heavy atom. The van der Waals surface area contributed by atoms with Crippen molar-refractivity contribution in [3.05, 3.63) is 66.0 Å². The maximum atomic E-state index is 13.4. The molecular formula is C19H21FN2. The van der Waals surface area contributed by atoms with Crippen molar-refractivity contribution >= 4 is 5.69 Å². The summed E-state index contributed by atoms with van der Waals surface area (Å²) in [5.41, 5.74) is 2.42. The van der Waals surface area contributed by atoms with Crippen molar-refractivity contribution in [1.29, 1.82) is 0 Å². The second-order valence-corrected chi connectivity index (χ2v) is 6.58. The summed E-state index contributed by atoms with van der Waals surface area (Å²) in [4.78, 5) is 4.91. The first kappa shape index (κ1) is 13.8. The molecule has 0 saturated carbocycles. The molecule has 2 aromatic rings. The fraction of sp³-hybridized carbons (Fsp3) is 0.368. The summed E-state index contributed by atoms with van der Waals surface area (Å²) in [6.07, 6.45) is 0. The summed E-state index contributed by atoms with van der Waals surface area (Å²) in [7, 11) is 0. The van der Waals surface area contributed by atoms with Crippen LogP contribution in [0.3, 0.4) is 0 Å². The molecular weight excluding hydrogens is 275 g/mol. The third-order valence-corrected chi connectivity index (χ3v) is 4.98. The number of nitrogens with zero attached hydrogens (tertiary/aromatic N) is 2. The van der Waals surface area contributed by atoms with Crippen molar-refractivity contribution in [1.82, 2.24) is 4.90 Å². The zero-order valence-corrected chi connectivity index (χ0v) is 12.7. The first-order valence-corrected chi connectivity index (χ1v) is 8.05. The number of benzene rings is 2. The molecule has 2 atom stereocenters. The smallest absolute Gasteiger partial charge is 0.125 e. The molecule has 0 bridgehead atoms. The van der Waals surface area contributed by atoms with Crippen LogP contribution in [0.4, 0.5) is 10.1 Å². The predicted octanol–water partition coefficient (Wildman–Crippen LogP) is 3.39. The number of likely N-dealkylation sites (tertiary alicyclic amines) is 1. The van der Waals surface area contributed by atoms with Gasteiger partial charge in [0, 0.05) is 38.4 Å². The van der Waals surface area contributed by atoms with E-state index in [0.717, 1.165) is 38.4 Å². The Morgan fingerprint density at radius 3 is 2.27 bits per heavy atom. The van der Waals surface area contributed by atoms with Gasteiger partial charge in [-0.05, 0) is 35.6 Å². The molecule has 0 aromatic heterocycles. The molecule has 3 heteroatoms. The molecule has 0 aliphatic carbocycles. The van der Waals surface area contributed by atoms with Gasteiger partial charge in [-0.2, -0.15) is 0 Å². The van der Waals surface area contributed by atoms with E-state index in [1.165, 1.54) is 11.6 Å². The van der Waals surface area contributed by atoms with Gasteiger partial charge in [0.05, 0.1) is 0 Å². The van der Waals surface area contributed by atoms with Crippen LogP contribution in [0.1, 0.15) is 5.56 Å². The average Bonchev–Trinajstić information content (AvgIpc) is 3.06. The van der Waals surface area contributed by atoms with E-state index in [0.29, 0.717) is 11.8 Å². The van der Waals surface area contributed by atoms with Crippen LogP contribution in [0, 0.1) is 17.7 Å². The molecule has 0 radical (unpaired) electrons. The number of hydrogen-bond acceptors (Lipinski definition) is 2. The minimum atomic E-state index is -0.139. The first-order valence-electron chi connectivity index (χ1n) is 8.05. The number of fused-ring (bicyclic) bond motifs is 1. The number of hydrogen-bond donors (Lipinski definition) is 0. The molecule has 2 aliphatic rings. The van der Waals surface area contributed by atoms with Crippen molar-refractivity contribution in [3.63, 3.8) is 0 Å². The van der Waals surface area contributed by atoms with E-state index in [2.05, 4.69) is 40.1 Å². The van der Waals surface area contributed by atoms with Gasteiger partial charge in [0.1, 0.15) is 5.82 Å². The van der Waals surface area contributed by atoms with Gasteiger partial charge in [-0.15, -0.1) is 0 Å². The maximum absolute atomic E-state index is 13.4. The van der Waals surface area contributed by atoms with Gasteiger partial charge in [-0.3, -0.25) is 4.90 Å². The molecule has 22 heavy (non-hydrogen) atoms. The molecule has 114 valence electrons. The maximum Gasteiger partial charge on any atom is 0.125 e. The van der Waals surface area contributed by atoms with E-state index in [4.69, 9.17) is 0 Å². The summed E-state index contributed by atoms with van der Waals surface area (Å²) in [6.45, 7) is 5.48. The van der Waals surface area contributed by atoms with Gasteiger partial charge in [0.2, 0.25) is 0 Å². The Labute approximate surface area is 131 Å². The molecule has 0 N–H and O–H groups in total. The Hall–Kier alpha value is -1.87. The number of anilines is 1. The van der Waals surface area contributed by atoms with Crippen LogP contribution in [0.2, 0.25) is 0 Å². The first-order chi connectivity index (χ1) is 10.8. The molecule has 2 nitrogen and oxygen atoms in total. The van der Waals surface area contributed by atoms with Gasteiger partial charge in [0.15, 0.2) is 0 Å². The van der Waals surface area contributed by atoms with Crippen LogP contribution in [0.25, 0.3) is 0 Å². The van der Waals surface area contributed by atoms with Gasteiger partial charge < -0.3 is 4.90 Å². The second-order valence-electron chi connectivity index (χ2n) is 6.58. The Bertz CT molecular complexity index is 629. The van der Waals surface area contributed by atoms with Crippen molar-refractivity contribution in [2.75, 3.05) is 31.1 Å². The Balaban J connectivity index is 1.38. The van der Waals surface area contributed by atoms with Crippen LogP contribution in [0.15, 0.2) is 54.6 Å². The molecule has 2 aliphatic heterocycles. The van der Waals surface area contributed by atoms with E-state index in [1.54, 1.807) is 12.1 Å². The van der Waals surface area contributed by atoms with Crippen molar-refractivity contribution < 1.29 is 4.39 Å². The largest absolute Gasteiger partial charge is 0.371 e. The standard InChI is InChI=1S/C19H21FN2/c20-18-7-4-8-19(9-18)22-13-16-11-21(12-17(16)14-22)10-15-5-2-1-3-6-15/h1-9,16-17H,10-14H2. The molecule has 2 heterocycles. The Morgan fingerprint density at radius 1 is 0.864 bits per heavy atom. The van der Waals surface area contributed by atoms with Gasteiger partial charge >= 0.3 is 0 Å². The normalized spacial score (nSPS) is 24.7. The quantitative estimate of drug-likeness (QED) is 0.856. The van der Waals surface area contributed by atoms with E-state index in [-0.39, 0.29) is 5.82 Å². The Kier molecular flexibility index (Phi) is 3.59. The van der Waals surface area contributed by atoms with Crippen molar-refractivity contribution in [2.24, 2.45) is 11.8 Å². The van der Waals surface area contributed by atoms with E-state index < -0.39 is 0 Å². The summed E-state index contributed by atoms with van der Waals surface area (Å²) < 4.78 is 13.4. The number of rotatable bonds is 3. The fourth-order valence-electron chi connectivity index (χ4n) is 3.94. The number of halogens is 1. The van der Waals surface area contributed by atoms with Crippen LogP contribution in [-0.2, 0) is 6.54 Å². The van der Waals surface area contributed by atoms with Gasteiger partial charge in [-0.25, -0.2) is 4.39 Å². The molecule has 2 saturated heterocycles. The topological polar surface area (TPSA) is 6.48 Å². The molecule has 2 unspecified atom stereocenters. The van der Waals surface area contributed by atoms with Crippen molar-refractivity contribution in [2.45, 2.75) is 6.54 Å². The summed E-state index contributed by atoms with van der Waals surface area (Å²) in [5, 5.41) is 0. The van der Waals surface area contributed by atoms with E-state index >= 15 is 0 Å². The van der Waals surface area contributed by atoms with Crippen LogP contribution >= 0.6 is 0 Å². The highest BCUT2D eigenvalue weighted by Crippen LogP contribution is 2.34. The molecule has 0 spiro atoms. The lowest BCUT2D eigenvalue weighted by molar-refractivity contribution is 0.309. The highest BCUT2D eigenvalue weighted by Gasteiger charge is 2.39. The highest BCUT2D eigenvalue weighted by molar-refractivity contribution is 5.48. The third kappa shape index (κ3) is 2.73. The molecule has 0 amide bonds. The highest BCUT2D eigenvalue weighted by atomic mass is 19.1. The van der Waals surface area contributed by atoms with E-state index in [9.17, 15) is 4.39 Å². The summed E-state index contributed by atoms with van der Waals surface area (Å²) >= 11 is 0. The minimum absolute atomic E-state index is 0.139. The van der Waals surface area contributed by atoms with E-state index in [1.807, 2.05) is 6.07 Å². The van der Waals surface area contributed by atoms with Crippen LogP contribution < -0.4 is 4.90 Å². The minimum Gasteiger partial charge on any atom is -0.371 e. The van der Waals surface area contributed by atoms with Crippen LogP contribution in [-0.4, -0.2) is 31.1 Å². The lowest BCUT2D eigenvalue weighted by Gasteiger charge is -2.23. The zero-order valence-electron chi connectivity index (χ0n) is 12.7. The van der Waals surface area contributed by atoms with Gasteiger partial charge in [0.25, 0.3) is 0 Å². The molecule has 2 fully saturated rings. The SMILES string of the molecule is Fc1cccc(N2CC3CN(Cc4ccccc4)CC3C2)c1. The monoisotopic (exact) mass is 296 g/mol. The average molecular weight is 296 g/mol. The van der Waals surface area contributed by atoms with Gasteiger partial charge in [-0.1, -0.05) is 36.4 Å². The summed E-state index contributed by atoms with van der Waals surface area (Å²) in [5.74, 6) is 1.29. The lowest BCUT2D eigenvalue weighted by atomic mass is 10.0. The second kappa shape index (κ2) is 5.73. The molecule has 2 aromatic carbocycles. The third-order valence-electron chi connectivity index (χ3n) is 4.98. The lowest BCUT2D eigenvalue weighted by Crippen LogP contribution is -2.28. The predicted molar refractivity (Wildman–Crippen MR) is 87.3 cm³/mol.